The first-order chi connectivity index (χ1) is 10.9. The first-order valence-corrected chi connectivity index (χ1v) is 6.92. The Morgan fingerprint density at radius 2 is 1.96 bits per heavy atom. The monoisotopic (exact) mass is 363 g/mol. The largest absolute Gasteiger partial charge is 0.395 e. The first-order valence-electron chi connectivity index (χ1n) is 6.92. The number of halogens is 5. The van der Waals surface area contributed by atoms with E-state index in [0.29, 0.717) is 0 Å². The molecule has 0 radical (unpaired) electrons. The van der Waals surface area contributed by atoms with Crippen molar-refractivity contribution >= 4 is 18.1 Å². The molecule has 130 valence electrons. The molecule has 1 saturated heterocycles. The van der Waals surface area contributed by atoms with Gasteiger partial charge in [0.25, 0.3) is 5.92 Å². The molecule has 0 saturated carbocycles. The highest BCUT2D eigenvalue weighted by molar-refractivity contribution is 5.85. The highest BCUT2D eigenvalue weighted by Crippen LogP contribution is 2.38. The molecule has 2 N–H and O–H groups in total. The van der Waals surface area contributed by atoms with Gasteiger partial charge in [0.2, 0.25) is 0 Å². The van der Waals surface area contributed by atoms with Crippen LogP contribution in [-0.4, -0.2) is 22.5 Å². The highest BCUT2D eigenvalue weighted by Gasteiger charge is 2.37. The van der Waals surface area contributed by atoms with Crippen molar-refractivity contribution in [3.63, 3.8) is 0 Å². The fourth-order valence-corrected chi connectivity index (χ4v) is 2.50. The zero-order valence-corrected chi connectivity index (χ0v) is 13.1. The van der Waals surface area contributed by atoms with Gasteiger partial charge in [-0.3, -0.25) is 0 Å². The first kappa shape index (κ1) is 18.4. The minimum absolute atomic E-state index is 0. The summed E-state index contributed by atoms with van der Waals surface area (Å²) < 4.78 is 58.7. The van der Waals surface area contributed by atoms with Crippen LogP contribution in [0.4, 0.5) is 23.2 Å². The summed E-state index contributed by atoms with van der Waals surface area (Å²) in [5.74, 6) is -4.22. The number of aromatic nitrogens is 2. The lowest BCUT2D eigenvalue weighted by Crippen LogP contribution is -2.31. The van der Waals surface area contributed by atoms with Crippen LogP contribution in [0.5, 0.6) is 0 Å². The lowest BCUT2D eigenvalue weighted by Gasteiger charge is -2.29. The minimum Gasteiger partial charge on any atom is -0.395 e. The fraction of sp³-hybridized carbons (Fsp3) is 0.333. The molecule has 1 aliphatic heterocycles. The molecule has 9 heteroatoms. The third kappa shape index (κ3) is 3.59. The Morgan fingerprint density at radius 1 is 1.21 bits per heavy atom. The van der Waals surface area contributed by atoms with Crippen molar-refractivity contribution in [3.8, 4) is 11.3 Å². The number of nitrogens with two attached hydrogens (primary N) is 1. The summed E-state index contributed by atoms with van der Waals surface area (Å²) in [6.07, 6.45) is 0.0685. The number of nitrogen functional groups attached to an aromatic ring is 1. The zero-order chi connectivity index (χ0) is 16.6. The van der Waals surface area contributed by atoms with Gasteiger partial charge in [0.15, 0.2) is 0 Å². The van der Waals surface area contributed by atoms with Crippen molar-refractivity contribution in [2.75, 3.05) is 12.3 Å². The number of alkyl halides is 2. The minimum atomic E-state index is -2.88. The molecule has 1 atom stereocenters. The molecular weight excluding hydrogens is 350 g/mol. The summed E-state index contributed by atoms with van der Waals surface area (Å²) in [5, 5.41) is 0. The van der Waals surface area contributed by atoms with Crippen LogP contribution in [0.1, 0.15) is 24.6 Å². The molecule has 0 amide bonds. The Morgan fingerprint density at radius 3 is 2.62 bits per heavy atom. The Kier molecular flexibility index (Phi) is 5.29. The third-order valence-corrected chi connectivity index (χ3v) is 3.67. The summed E-state index contributed by atoms with van der Waals surface area (Å²) >= 11 is 0. The van der Waals surface area contributed by atoms with Gasteiger partial charge in [-0.1, -0.05) is 0 Å². The number of benzene rings is 1. The summed E-state index contributed by atoms with van der Waals surface area (Å²) in [7, 11) is 0. The molecule has 3 rings (SSSR count). The summed E-state index contributed by atoms with van der Waals surface area (Å²) in [4.78, 5) is 7.85. The van der Waals surface area contributed by atoms with Crippen molar-refractivity contribution in [2.24, 2.45) is 0 Å². The Labute approximate surface area is 141 Å². The van der Waals surface area contributed by atoms with Gasteiger partial charge in [0.05, 0.1) is 17.1 Å². The van der Waals surface area contributed by atoms with Gasteiger partial charge in [-0.25, -0.2) is 27.5 Å². The molecule has 1 unspecified atom stereocenters. The maximum absolute atomic E-state index is 13.9. The van der Waals surface area contributed by atoms with Crippen molar-refractivity contribution in [1.82, 2.24) is 9.97 Å². The maximum atomic E-state index is 13.9. The van der Waals surface area contributed by atoms with Crippen LogP contribution in [0, 0.1) is 11.6 Å². The normalized spacial score (nSPS) is 19.6. The van der Waals surface area contributed by atoms with Crippen LogP contribution < -0.4 is 5.73 Å². The van der Waals surface area contributed by atoms with Gasteiger partial charge in [0, 0.05) is 12.0 Å². The topological polar surface area (TPSA) is 61.0 Å². The van der Waals surface area contributed by atoms with Gasteiger partial charge in [-0.15, -0.1) is 12.4 Å². The van der Waals surface area contributed by atoms with Gasteiger partial charge in [0.1, 0.15) is 30.7 Å². The number of anilines is 1. The van der Waals surface area contributed by atoms with Crippen LogP contribution in [0.3, 0.4) is 0 Å². The third-order valence-electron chi connectivity index (χ3n) is 3.67. The molecule has 1 aromatic carbocycles. The second-order valence-corrected chi connectivity index (χ2v) is 5.34. The van der Waals surface area contributed by atoms with E-state index in [4.69, 9.17) is 10.5 Å². The number of rotatable bonds is 2. The van der Waals surface area contributed by atoms with Crippen LogP contribution in [0.2, 0.25) is 0 Å². The van der Waals surface area contributed by atoms with Crippen LogP contribution in [-0.2, 0) is 4.74 Å². The summed E-state index contributed by atoms with van der Waals surface area (Å²) in [6.45, 7) is -0.731. The van der Waals surface area contributed by atoms with E-state index in [2.05, 4.69) is 9.97 Å². The molecule has 2 aromatic rings. The predicted octanol–water partition coefficient (Wildman–Crippen LogP) is 3.91. The van der Waals surface area contributed by atoms with Gasteiger partial charge >= 0.3 is 0 Å². The summed E-state index contributed by atoms with van der Waals surface area (Å²) in [5.41, 5.74) is 6.04. The molecule has 0 spiro atoms. The average molecular weight is 364 g/mol. The predicted molar refractivity (Wildman–Crippen MR) is 81.9 cm³/mol. The van der Waals surface area contributed by atoms with E-state index in [1.165, 1.54) is 0 Å². The van der Waals surface area contributed by atoms with Crippen molar-refractivity contribution in [1.29, 1.82) is 0 Å². The maximum Gasteiger partial charge on any atom is 0.271 e. The standard InChI is InChI=1S/C15H13F4N3O.ClH/c16-8-1-2-10(17)9(5-8)13-12(20)14(22-7-21-13)11-3-4-15(18,19)6-23-11;/h1-2,5,7,11H,3-4,6,20H2;1H. The van der Waals surface area contributed by atoms with Gasteiger partial charge < -0.3 is 10.5 Å². The van der Waals surface area contributed by atoms with Crippen LogP contribution in [0.25, 0.3) is 11.3 Å². The Bertz CT molecular complexity index is 735. The lowest BCUT2D eigenvalue weighted by molar-refractivity contribution is -0.146. The van der Waals surface area contributed by atoms with E-state index < -0.39 is 30.3 Å². The molecule has 0 bridgehead atoms. The van der Waals surface area contributed by atoms with E-state index in [1.54, 1.807) is 0 Å². The molecule has 1 aromatic heterocycles. The van der Waals surface area contributed by atoms with Crippen LogP contribution >= 0.6 is 12.4 Å². The Hall–Kier alpha value is -1.93. The second-order valence-electron chi connectivity index (χ2n) is 5.34. The highest BCUT2D eigenvalue weighted by atomic mass is 35.5. The molecule has 2 heterocycles. The molecule has 1 aliphatic rings. The summed E-state index contributed by atoms with van der Waals surface area (Å²) in [6, 6.07) is 2.90. The van der Waals surface area contributed by atoms with E-state index in [0.717, 1.165) is 24.5 Å². The molecule has 1 fully saturated rings. The van der Waals surface area contributed by atoms with Crippen LogP contribution in [0.15, 0.2) is 24.5 Å². The molecular formula is C15H14ClF4N3O. The fourth-order valence-electron chi connectivity index (χ4n) is 2.50. The van der Waals surface area contributed by atoms with E-state index in [9.17, 15) is 17.6 Å². The van der Waals surface area contributed by atoms with E-state index >= 15 is 0 Å². The quantitative estimate of drug-likeness (QED) is 0.822. The smallest absolute Gasteiger partial charge is 0.271 e. The average Bonchev–Trinajstić information content (AvgIpc) is 2.51. The van der Waals surface area contributed by atoms with Gasteiger partial charge in [-0.2, -0.15) is 0 Å². The lowest BCUT2D eigenvalue weighted by atomic mass is 10.0. The second kappa shape index (κ2) is 6.90. The number of hydrogen-bond donors (Lipinski definition) is 1. The van der Waals surface area contributed by atoms with Gasteiger partial charge in [-0.05, 0) is 24.6 Å². The van der Waals surface area contributed by atoms with E-state index in [1.807, 2.05) is 0 Å². The number of nitrogens with zero attached hydrogens (tertiary/aromatic N) is 2. The number of hydrogen-bond acceptors (Lipinski definition) is 4. The van der Waals surface area contributed by atoms with E-state index in [-0.39, 0.29) is 47.9 Å². The molecule has 24 heavy (non-hydrogen) atoms. The van der Waals surface area contributed by atoms with Crippen molar-refractivity contribution < 1.29 is 22.3 Å². The Balaban J connectivity index is 0.00000208. The van der Waals surface area contributed by atoms with Crippen molar-refractivity contribution in [2.45, 2.75) is 24.9 Å². The zero-order valence-electron chi connectivity index (χ0n) is 12.3. The number of ether oxygens (including phenoxy) is 1. The molecule has 0 aliphatic carbocycles. The SMILES string of the molecule is Cl.Nc1c(-c2cc(F)ccc2F)ncnc1C1CCC(F)(F)CO1. The molecule has 4 nitrogen and oxygen atoms in total. The van der Waals surface area contributed by atoms with Crippen molar-refractivity contribution in [3.05, 3.63) is 41.9 Å².